The van der Waals surface area contributed by atoms with E-state index in [-0.39, 0.29) is 22.3 Å². The van der Waals surface area contributed by atoms with E-state index >= 15 is 0 Å². The van der Waals surface area contributed by atoms with E-state index in [0.717, 1.165) is 25.7 Å². The first-order valence-electron chi connectivity index (χ1n) is 4.96. The molecule has 0 amide bonds. The van der Waals surface area contributed by atoms with Crippen LogP contribution in [0, 0.1) is 11.8 Å². The Balaban J connectivity index is 2.49. The number of carbonyl (C=O) groups is 2. The molecule has 1 aliphatic carbocycles. The Hall–Kier alpha value is -0.0800. The quantitative estimate of drug-likeness (QED) is 0.704. The Labute approximate surface area is 93.9 Å². The lowest BCUT2D eigenvalue weighted by atomic mass is 9.76. The monoisotopic (exact) mass is 236 g/mol. The molecule has 0 heterocycles. The average Bonchev–Trinajstić information content (AvgIpc) is 2.06. The zero-order chi connectivity index (χ0) is 10.6. The number of halogens is 2. The largest absolute Gasteiger partial charge is 0.281 e. The molecule has 1 rings (SSSR count). The maximum atomic E-state index is 10.8. The molecule has 0 bridgehead atoms. The van der Waals surface area contributed by atoms with E-state index in [9.17, 15) is 9.59 Å². The molecule has 2 nitrogen and oxygen atoms in total. The fraction of sp³-hybridized carbons (Fsp3) is 0.800. The molecule has 1 aliphatic rings. The van der Waals surface area contributed by atoms with E-state index in [1.165, 1.54) is 0 Å². The van der Waals surface area contributed by atoms with Crippen LogP contribution in [0.5, 0.6) is 0 Å². The second kappa shape index (κ2) is 5.72. The standard InChI is InChI=1S/C10H14Cl2O2/c11-9(13)5-7-3-1-2-4-8(7)6-10(12)14/h7-8H,1-6H2. The molecular formula is C10H14Cl2O2. The minimum absolute atomic E-state index is 0.261. The van der Waals surface area contributed by atoms with Gasteiger partial charge < -0.3 is 0 Å². The van der Waals surface area contributed by atoms with Gasteiger partial charge in [-0.15, -0.1) is 0 Å². The minimum atomic E-state index is -0.302. The van der Waals surface area contributed by atoms with Crippen molar-refractivity contribution in [2.45, 2.75) is 38.5 Å². The van der Waals surface area contributed by atoms with Crippen molar-refractivity contribution < 1.29 is 9.59 Å². The number of hydrogen-bond donors (Lipinski definition) is 0. The lowest BCUT2D eigenvalue weighted by Crippen LogP contribution is -2.22. The van der Waals surface area contributed by atoms with E-state index in [1.807, 2.05) is 0 Å². The van der Waals surface area contributed by atoms with Crippen molar-refractivity contribution in [1.29, 1.82) is 0 Å². The van der Waals surface area contributed by atoms with Crippen LogP contribution in [0.1, 0.15) is 38.5 Å². The molecular weight excluding hydrogens is 223 g/mol. The van der Waals surface area contributed by atoms with Gasteiger partial charge >= 0.3 is 0 Å². The fourth-order valence-electron chi connectivity index (χ4n) is 2.23. The van der Waals surface area contributed by atoms with Crippen LogP contribution in [-0.4, -0.2) is 10.5 Å². The summed E-state index contributed by atoms with van der Waals surface area (Å²) < 4.78 is 0. The predicted molar refractivity (Wildman–Crippen MR) is 56.4 cm³/mol. The van der Waals surface area contributed by atoms with Crippen molar-refractivity contribution in [3.63, 3.8) is 0 Å². The maximum Gasteiger partial charge on any atom is 0.221 e. The van der Waals surface area contributed by atoms with Gasteiger partial charge in [0.15, 0.2) is 0 Å². The molecule has 80 valence electrons. The first-order chi connectivity index (χ1) is 6.59. The van der Waals surface area contributed by atoms with Gasteiger partial charge in [-0.05, 0) is 47.9 Å². The van der Waals surface area contributed by atoms with E-state index in [1.54, 1.807) is 0 Å². The van der Waals surface area contributed by atoms with Crippen molar-refractivity contribution in [2.75, 3.05) is 0 Å². The van der Waals surface area contributed by atoms with Gasteiger partial charge in [-0.25, -0.2) is 0 Å². The Bertz CT molecular complexity index is 204. The van der Waals surface area contributed by atoms with Crippen LogP contribution >= 0.6 is 23.2 Å². The normalized spacial score (nSPS) is 27.3. The van der Waals surface area contributed by atoms with E-state index in [2.05, 4.69) is 0 Å². The second-order valence-corrected chi connectivity index (χ2v) is 4.77. The first kappa shape index (κ1) is 12.0. The van der Waals surface area contributed by atoms with Crippen LogP contribution in [0.15, 0.2) is 0 Å². The molecule has 1 saturated carbocycles. The van der Waals surface area contributed by atoms with Crippen LogP contribution in [0.3, 0.4) is 0 Å². The van der Waals surface area contributed by atoms with Crippen molar-refractivity contribution in [3.8, 4) is 0 Å². The van der Waals surface area contributed by atoms with Gasteiger partial charge in [0.2, 0.25) is 10.5 Å². The Morgan fingerprint density at radius 3 is 1.57 bits per heavy atom. The zero-order valence-electron chi connectivity index (χ0n) is 7.97. The van der Waals surface area contributed by atoms with Gasteiger partial charge in [-0.3, -0.25) is 9.59 Å². The molecule has 1 fully saturated rings. The number of carbonyl (C=O) groups excluding carboxylic acids is 2. The highest BCUT2D eigenvalue weighted by Gasteiger charge is 2.27. The topological polar surface area (TPSA) is 34.1 Å². The van der Waals surface area contributed by atoms with Gasteiger partial charge in [0.25, 0.3) is 0 Å². The number of hydrogen-bond acceptors (Lipinski definition) is 2. The molecule has 0 aromatic heterocycles. The summed E-state index contributed by atoms with van der Waals surface area (Å²) in [6.07, 6.45) is 5.01. The highest BCUT2D eigenvalue weighted by molar-refractivity contribution is 6.63. The van der Waals surface area contributed by atoms with Crippen LogP contribution in [0.2, 0.25) is 0 Å². The van der Waals surface area contributed by atoms with Crippen LogP contribution in [-0.2, 0) is 9.59 Å². The van der Waals surface area contributed by atoms with Gasteiger partial charge in [0.1, 0.15) is 0 Å². The van der Waals surface area contributed by atoms with Gasteiger partial charge in [-0.2, -0.15) is 0 Å². The third kappa shape index (κ3) is 3.97. The molecule has 2 unspecified atom stereocenters. The van der Waals surface area contributed by atoms with Crippen molar-refractivity contribution in [2.24, 2.45) is 11.8 Å². The summed E-state index contributed by atoms with van der Waals surface area (Å²) in [6.45, 7) is 0. The molecule has 0 aliphatic heterocycles. The van der Waals surface area contributed by atoms with Crippen LogP contribution < -0.4 is 0 Å². The smallest absolute Gasteiger partial charge is 0.221 e. The summed E-state index contributed by atoms with van der Waals surface area (Å²) in [5.41, 5.74) is 0. The van der Waals surface area contributed by atoms with Crippen LogP contribution in [0.4, 0.5) is 0 Å². The first-order valence-corrected chi connectivity index (χ1v) is 5.72. The lowest BCUT2D eigenvalue weighted by molar-refractivity contribution is -0.115. The Morgan fingerprint density at radius 1 is 0.929 bits per heavy atom. The molecule has 0 spiro atoms. The van der Waals surface area contributed by atoms with Crippen molar-refractivity contribution in [3.05, 3.63) is 0 Å². The highest BCUT2D eigenvalue weighted by atomic mass is 35.5. The second-order valence-electron chi connectivity index (χ2n) is 3.92. The third-order valence-electron chi connectivity index (χ3n) is 2.91. The van der Waals surface area contributed by atoms with Crippen molar-refractivity contribution >= 4 is 33.7 Å². The van der Waals surface area contributed by atoms with Gasteiger partial charge in [0.05, 0.1) is 0 Å². The molecule has 0 aromatic carbocycles. The number of rotatable bonds is 4. The SMILES string of the molecule is O=C(Cl)CC1CCCCC1CC(=O)Cl. The fourth-order valence-corrected chi connectivity index (χ4v) is 2.63. The summed E-state index contributed by atoms with van der Waals surface area (Å²) in [6, 6.07) is 0. The zero-order valence-corrected chi connectivity index (χ0v) is 9.48. The van der Waals surface area contributed by atoms with E-state index in [0.29, 0.717) is 12.8 Å². The molecule has 0 N–H and O–H groups in total. The maximum absolute atomic E-state index is 10.8. The van der Waals surface area contributed by atoms with Crippen LogP contribution in [0.25, 0.3) is 0 Å². The molecule has 0 aromatic rings. The third-order valence-corrected chi connectivity index (χ3v) is 3.22. The lowest BCUT2D eigenvalue weighted by Gasteiger charge is -2.29. The predicted octanol–water partition coefficient (Wildman–Crippen LogP) is 3.10. The van der Waals surface area contributed by atoms with E-state index in [4.69, 9.17) is 23.2 Å². The molecule has 2 atom stereocenters. The average molecular weight is 237 g/mol. The minimum Gasteiger partial charge on any atom is -0.281 e. The Kier molecular flexibility index (Phi) is 4.90. The van der Waals surface area contributed by atoms with E-state index < -0.39 is 0 Å². The molecule has 0 saturated heterocycles. The molecule has 14 heavy (non-hydrogen) atoms. The van der Waals surface area contributed by atoms with Crippen molar-refractivity contribution in [1.82, 2.24) is 0 Å². The Morgan fingerprint density at radius 2 is 1.29 bits per heavy atom. The van der Waals surface area contributed by atoms with Gasteiger partial charge in [-0.1, -0.05) is 12.8 Å². The summed E-state index contributed by atoms with van der Waals surface area (Å²) in [4.78, 5) is 21.6. The van der Waals surface area contributed by atoms with Gasteiger partial charge in [0, 0.05) is 12.8 Å². The summed E-state index contributed by atoms with van der Waals surface area (Å²) >= 11 is 10.7. The molecule has 4 heteroatoms. The summed E-state index contributed by atoms with van der Waals surface area (Å²) in [5.74, 6) is 0.521. The highest BCUT2D eigenvalue weighted by Crippen LogP contribution is 2.35. The summed E-state index contributed by atoms with van der Waals surface area (Å²) in [7, 11) is 0. The molecule has 0 radical (unpaired) electrons. The summed E-state index contributed by atoms with van der Waals surface area (Å²) in [5, 5.41) is -0.604.